The Morgan fingerprint density at radius 1 is 1.00 bits per heavy atom. The van der Waals surface area contributed by atoms with Crippen molar-refractivity contribution in [3.8, 4) is 0 Å². The number of hydrogen-bond donors (Lipinski definition) is 1. The van der Waals surface area contributed by atoms with Crippen LogP contribution in [0.15, 0.2) is 64.3 Å². The van der Waals surface area contributed by atoms with Crippen LogP contribution in [0.2, 0.25) is 0 Å². The molecule has 0 bridgehead atoms. The topological polar surface area (TPSA) is 41.5 Å². The van der Waals surface area contributed by atoms with Gasteiger partial charge in [0.05, 0.1) is 0 Å². The second kappa shape index (κ2) is 15.9. The van der Waals surface area contributed by atoms with Crippen LogP contribution < -0.4 is 5.32 Å². The molecule has 1 N–H and O–H groups in total. The molecule has 0 saturated heterocycles. The number of benzene rings is 1. The molecule has 1 aromatic carbocycles. The zero-order chi connectivity index (χ0) is 29.1. The maximum atomic E-state index is 12.6. The van der Waals surface area contributed by atoms with Gasteiger partial charge in [0.25, 0.3) is 0 Å². The van der Waals surface area contributed by atoms with Gasteiger partial charge in [-0.15, -0.1) is 0 Å². The van der Waals surface area contributed by atoms with Crippen LogP contribution in [-0.4, -0.2) is 17.7 Å². The monoisotopic (exact) mass is 568 g/mol. The van der Waals surface area contributed by atoms with Gasteiger partial charge in [0, 0.05) is 24.4 Å². The largest absolute Gasteiger partial charge is 0.353 e. The number of nitrogens with zero attached hydrogens (tertiary/aromatic N) is 1. The highest BCUT2D eigenvalue weighted by atomic mass is 16.1. The van der Waals surface area contributed by atoms with Crippen molar-refractivity contribution in [1.29, 1.82) is 0 Å². The Morgan fingerprint density at radius 3 is 2.76 bits per heavy atom. The van der Waals surface area contributed by atoms with E-state index in [4.69, 9.17) is 4.99 Å². The van der Waals surface area contributed by atoms with Gasteiger partial charge in [-0.25, -0.2) is 0 Å². The first-order valence-electron chi connectivity index (χ1n) is 17.6. The molecule has 1 aliphatic heterocycles. The van der Waals surface area contributed by atoms with E-state index < -0.39 is 0 Å². The lowest BCUT2D eigenvalue weighted by Crippen LogP contribution is -2.38. The van der Waals surface area contributed by atoms with Crippen LogP contribution >= 0.6 is 0 Å². The molecule has 2 saturated carbocycles. The summed E-state index contributed by atoms with van der Waals surface area (Å²) in [4.78, 5) is 17.7. The summed E-state index contributed by atoms with van der Waals surface area (Å²) in [5.74, 6) is 2.29. The molecule has 0 aromatic heterocycles. The van der Waals surface area contributed by atoms with Crippen molar-refractivity contribution >= 4 is 11.6 Å². The van der Waals surface area contributed by atoms with Gasteiger partial charge in [-0.05, 0) is 137 Å². The first-order valence-corrected chi connectivity index (χ1v) is 17.6. The molecule has 1 heterocycles. The molecule has 4 aliphatic rings. The average Bonchev–Trinajstić information content (AvgIpc) is 3.39. The summed E-state index contributed by atoms with van der Waals surface area (Å²) in [6, 6.07) is 9.64. The van der Waals surface area contributed by atoms with E-state index in [1.807, 2.05) is 0 Å². The molecule has 1 aromatic rings. The second-order valence-corrected chi connectivity index (χ2v) is 13.9. The van der Waals surface area contributed by atoms with E-state index in [0.717, 1.165) is 31.6 Å². The molecule has 3 aliphatic carbocycles. The van der Waals surface area contributed by atoms with Gasteiger partial charge < -0.3 is 5.32 Å². The van der Waals surface area contributed by atoms with Gasteiger partial charge in [0.15, 0.2) is 0 Å². The molecule has 0 radical (unpaired) electrons. The van der Waals surface area contributed by atoms with E-state index in [-0.39, 0.29) is 5.91 Å². The second-order valence-electron chi connectivity index (χ2n) is 13.9. The van der Waals surface area contributed by atoms with Gasteiger partial charge in [0.2, 0.25) is 5.91 Å². The predicted octanol–water partition coefficient (Wildman–Crippen LogP) is 10.3. The third kappa shape index (κ3) is 8.80. The SMILES string of the molecule is CC1=C2CCCCC=C2C(CC2CCCC(c3cccc(CCCC(=O)NC(C)C4CCCCC4)c3)CC2)=N/C=C/C1. The fourth-order valence-electron chi connectivity index (χ4n) is 8.14. The average molecular weight is 569 g/mol. The molecular formula is C39H56N2O. The first-order chi connectivity index (χ1) is 20.6. The lowest BCUT2D eigenvalue weighted by atomic mass is 9.84. The third-order valence-corrected chi connectivity index (χ3v) is 10.7. The standard InChI is InChI=1S/C39H56N2O/c1-29-13-12-26-40-38(37-22-8-4-7-21-36(29)37)28-32-15-9-19-34(25-24-32)35-20-10-14-31(27-35)16-11-23-39(42)41-30(2)33-17-5-3-6-18-33/h10,12,14,20,22,26-27,30,32-34H,3-9,11,13,15-19,21,23-25,28H2,1-2H3,(H,41,42)/b26-12+,36-29?,40-38?. The molecule has 3 unspecified atom stereocenters. The summed E-state index contributed by atoms with van der Waals surface area (Å²) in [5.41, 5.74) is 8.89. The number of aliphatic imine (C=N–C) groups is 1. The lowest BCUT2D eigenvalue weighted by Gasteiger charge is -2.28. The zero-order valence-electron chi connectivity index (χ0n) is 26.6. The smallest absolute Gasteiger partial charge is 0.220 e. The summed E-state index contributed by atoms with van der Waals surface area (Å²) in [5, 5.41) is 3.31. The van der Waals surface area contributed by atoms with Crippen LogP contribution in [0.25, 0.3) is 0 Å². The molecule has 228 valence electrons. The molecule has 5 rings (SSSR count). The lowest BCUT2D eigenvalue weighted by molar-refractivity contribution is -0.122. The van der Waals surface area contributed by atoms with Crippen LogP contribution in [0.1, 0.15) is 146 Å². The van der Waals surface area contributed by atoms with E-state index in [9.17, 15) is 4.79 Å². The predicted molar refractivity (Wildman–Crippen MR) is 178 cm³/mol. The Hall–Kier alpha value is -2.42. The summed E-state index contributed by atoms with van der Waals surface area (Å²) in [7, 11) is 0. The minimum Gasteiger partial charge on any atom is -0.353 e. The van der Waals surface area contributed by atoms with Gasteiger partial charge in [-0.2, -0.15) is 0 Å². The molecule has 3 heteroatoms. The van der Waals surface area contributed by atoms with E-state index in [0.29, 0.717) is 24.3 Å². The highest BCUT2D eigenvalue weighted by molar-refractivity contribution is 6.04. The number of carbonyl (C=O) groups excluding carboxylic acids is 1. The summed E-state index contributed by atoms with van der Waals surface area (Å²) in [6.07, 6.45) is 29.7. The molecule has 3 atom stereocenters. The van der Waals surface area contributed by atoms with Crippen molar-refractivity contribution in [2.45, 2.75) is 148 Å². The van der Waals surface area contributed by atoms with E-state index >= 15 is 0 Å². The fourth-order valence-corrected chi connectivity index (χ4v) is 8.14. The number of amides is 1. The number of allylic oxidation sites excluding steroid dienone is 5. The minimum atomic E-state index is 0.237. The minimum absolute atomic E-state index is 0.237. The van der Waals surface area contributed by atoms with Crippen LogP contribution in [0.4, 0.5) is 0 Å². The van der Waals surface area contributed by atoms with Crippen molar-refractivity contribution in [3.05, 3.63) is 70.5 Å². The number of carbonyl (C=O) groups is 1. The Labute approximate surface area is 256 Å². The van der Waals surface area contributed by atoms with E-state index in [1.165, 1.54) is 112 Å². The van der Waals surface area contributed by atoms with Crippen molar-refractivity contribution in [2.24, 2.45) is 16.8 Å². The highest BCUT2D eigenvalue weighted by Gasteiger charge is 2.25. The third-order valence-electron chi connectivity index (χ3n) is 10.7. The Morgan fingerprint density at radius 2 is 1.88 bits per heavy atom. The fraction of sp³-hybridized carbons (Fsp3) is 0.641. The van der Waals surface area contributed by atoms with Crippen molar-refractivity contribution in [1.82, 2.24) is 5.32 Å². The molecular weight excluding hydrogens is 512 g/mol. The molecule has 3 nitrogen and oxygen atoms in total. The number of aryl methyl sites for hydroxylation is 1. The number of hydrogen-bond acceptors (Lipinski definition) is 2. The van der Waals surface area contributed by atoms with E-state index in [2.05, 4.69) is 61.8 Å². The van der Waals surface area contributed by atoms with Crippen LogP contribution in [0.3, 0.4) is 0 Å². The van der Waals surface area contributed by atoms with Crippen molar-refractivity contribution in [2.75, 3.05) is 0 Å². The Balaban J connectivity index is 1.12. The van der Waals surface area contributed by atoms with Crippen LogP contribution in [0, 0.1) is 11.8 Å². The quantitative estimate of drug-likeness (QED) is 0.296. The maximum Gasteiger partial charge on any atom is 0.220 e. The molecule has 0 spiro atoms. The molecule has 42 heavy (non-hydrogen) atoms. The Kier molecular flexibility index (Phi) is 11.7. The highest BCUT2D eigenvalue weighted by Crippen LogP contribution is 2.38. The summed E-state index contributed by atoms with van der Waals surface area (Å²) in [6.45, 7) is 4.54. The van der Waals surface area contributed by atoms with Crippen LogP contribution in [-0.2, 0) is 11.2 Å². The normalized spacial score (nSPS) is 25.6. The Bertz CT molecular complexity index is 1160. The van der Waals surface area contributed by atoms with Crippen molar-refractivity contribution in [3.63, 3.8) is 0 Å². The molecule has 2 fully saturated rings. The van der Waals surface area contributed by atoms with Gasteiger partial charge in [-0.3, -0.25) is 9.79 Å². The number of nitrogens with one attached hydrogen (secondary N) is 1. The number of rotatable bonds is 9. The molecule has 1 amide bonds. The van der Waals surface area contributed by atoms with Gasteiger partial charge in [0.1, 0.15) is 0 Å². The van der Waals surface area contributed by atoms with Crippen LogP contribution in [0.5, 0.6) is 0 Å². The van der Waals surface area contributed by atoms with Gasteiger partial charge >= 0.3 is 0 Å². The first kappa shape index (κ1) is 31.0. The summed E-state index contributed by atoms with van der Waals surface area (Å²) < 4.78 is 0. The van der Waals surface area contributed by atoms with Gasteiger partial charge in [-0.1, -0.05) is 74.1 Å². The number of fused-ring (bicyclic) bond motifs is 1. The maximum absolute atomic E-state index is 12.6. The summed E-state index contributed by atoms with van der Waals surface area (Å²) >= 11 is 0. The van der Waals surface area contributed by atoms with Crippen molar-refractivity contribution < 1.29 is 4.79 Å². The zero-order valence-corrected chi connectivity index (χ0v) is 26.6. The van der Waals surface area contributed by atoms with E-state index in [1.54, 1.807) is 11.1 Å².